The van der Waals surface area contributed by atoms with Crippen LogP contribution in [0.1, 0.15) is 29.0 Å². The second kappa shape index (κ2) is 6.28. The summed E-state index contributed by atoms with van der Waals surface area (Å²) in [5.41, 5.74) is 0.0217. The summed E-state index contributed by atoms with van der Waals surface area (Å²) in [7, 11) is 0. The van der Waals surface area contributed by atoms with Crippen LogP contribution in [0.4, 0.5) is 13.2 Å². The average molecular weight is 364 g/mol. The summed E-state index contributed by atoms with van der Waals surface area (Å²) < 4.78 is 39.0. The van der Waals surface area contributed by atoms with E-state index < -0.39 is 11.7 Å². The molecule has 0 bridgehead atoms. The smallest absolute Gasteiger partial charge is 0.305 e. The zero-order chi connectivity index (χ0) is 14.8. The van der Waals surface area contributed by atoms with Crippen LogP contribution in [-0.4, -0.2) is 0 Å². The number of thiophene rings is 1. The molecule has 0 saturated heterocycles. The van der Waals surface area contributed by atoms with Gasteiger partial charge in [0.05, 0.1) is 5.56 Å². The van der Waals surface area contributed by atoms with Gasteiger partial charge in [-0.25, -0.2) is 0 Å². The van der Waals surface area contributed by atoms with E-state index in [1.54, 1.807) is 17.4 Å². The van der Waals surface area contributed by atoms with Gasteiger partial charge in [-0.1, -0.05) is 12.1 Å². The van der Waals surface area contributed by atoms with Crippen molar-refractivity contribution in [2.75, 3.05) is 0 Å². The fourth-order valence-corrected chi connectivity index (χ4v) is 3.24. The van der Waals surface area contributed by atoms with Gasteiger partial charge in [0.2, 0.25) is 0 Å². The Hall–Kier alpha value is -0.850. The molecule has 2 aromatic rings. The Bertz CT molecular complexity index is 580. The van der Waals surface area contributed by atoms with Gasteiger partial charge in [0.1, 0.15) is 0 Å². The van der Waals surface area contributed by atoms with Crippen molar-refractivity contribution in [3.63, 3.8) is 0 Å². The molecule has 1 unspecified atom stereocenters. The summed E-state index contributed by atoms with van der Waals surface area (Å²) in [6.07, 6.45) is -4.30. The van der Waals surface area contributed by atoms with Crippen molar-refractivity contribution >= 4 is 27.3 Å². The Labute approximate surface area is 128 Å². The number of halogens is 4. The van der Waals surface area contributed by atoms with Crippen molar-refractivity contribution in [2.45, 2.75) is 25.7 Å². The highest BCUT2D eigenvalue weighted by molar-refractivity contribution is 9.10. The number of nitrogens with one attached hydrogen (secondary N) is 1. The van der Waals surface area contributed by atoms with E-state index in [9.17, 15) is 13.2 Å². The third-order valence-electron chi connectivity index (χ3n) is 2.97. The van der Waals surface area contributed by atoms with Crippen LogP contribution < -0.4 is 5.32 Å². The third-order valence-corrected chi connectivity index (χ3v) is 4.90. The summed E-state index contributed by atoms with van der Waals surface area (Å²) in [5, 5.41) is 5.20. The number of benzene rings is 1. The first-order chi connectivity index (χ1) is 9.38. The molecule has 6 heteroatoms. The Morgan fingerprint density at radius 1 is 1.30 bits per heavy atom. The van der Waals surface area contributed by atoms with E-state index in [4.69, 9.17) is 0 Å². The largest absolute Gasteiger partial charge is 0.416 e. The zero-order valence-corrected chi connectivity index (χ0v) is 13.1. The van der Waals surface area contributed by atoms with Gasteiger partial charge in [0.25, 0.3) is 0 Å². The Balaban J connectivity index is 2.06. The molecule has 1 heterocycles. The van der Waals surface area contributed by atoms with Crippen molar-refractivity contribution in [2.24, 2.45) is 0 Å². The maximum absolute atomic E-state index is 12.7. The fourth-order valence-electron chi connectivity index (χ4n) is 1.80. The molecule has 1 aromatic heterocycles. The Morgan fingerprint density at radius 3 is 2.65 bits per heavy atom. The molecule has 0 aliphatic rings. The second-order valence-electron chi connectivity index (χ2n) is 4.42. The van der Waals surface area contributed by atoms with Crippen LogP contribution in [0.3, 0.4) is 0 Å². The topological polar surface area (TPSA) is 12.0 Å². The van der Waals surface area contributed by atoms with Gasteiger partial charge in [-0.2, -0.15) is 13.2 Å². The van der Waals surface area contributed by atoms with Crippen molar-refractivity contribution in [3.05, 3.63) is 56.2 Å². The van der Waals surface area contributed by atoms with Gasteiger partial charge >= 0.3 is 6.18 Å². The Kier molecular flexibility index (Phi) is 4.88. The van der Waals surface area contributed by atoms with Gasteiger partial charge in [0, 0.05) is 21.9 Å². The number of rotatable bonds is 4. The molecule has 0 fully saturated rings. The van der Waals surface area contributed by atoms with Gasteiger partial charge < -0.3 is 5.32 Å². The first-order valence-corrected chi connectivity index (χ1v) is 7.67. The van der Waals surface area contributed by atoms with E-state index >= 15 is 0 Å². The van der Waals surface area contributed by atoms with Crippen molar-refractivity contribution in [3.8, 4) is 0 Å². The highest BCUT2D eigenvalue weighted by Gasteiger charge is 2.30. The van der Waals surface area contributed by atoms with Gasteiger partial charge in [-0.05, 0) is 52.0 Å². The highest BCUT2D eigenvalue weighted by atomic mass is 79.9. The number of hydrogen-bond donors (Lipinski definition) is 1. The monoisotopic (exact) mass is 363 g/mol. The van der Waals surface area contributed by atoms with Crippen molar-refractivity contribution in [1.29, 1.82) is 0 Å². The summed E-state index contributed by atoms with van der Waals surface area (Å²) in [6, 6.07) is 7.24. The summed E-state index contributed by atoms with van der Waals surface area (Å²) >= 11 is 5.04. The minimum absolute atomic E-state index is 0.147. The molecule has 0 aliphatic heterocycles. The molecule has 1 N–H and O–H groups in total. The molecule has 1 aromatic carbocycles. The second-order valence-corrected chi connectivity index (χ2v) is 6.27. The van der Waals surface area contributed by atoms with Crippen molar-refractivity contribution in [1.82, 2.24) is 5.32 Å². The van der Waals surface area contributed by atoms with Gasteiger partial charge in [0.15, 0.2) is 0 Å². The highest BCUT2D eigenvalue weighted by Crippen LogP contribution is 2.31. The molecule has 0 amide bonds. The molecule has 1 atom stereocenters. The minimum Gasteiger partial charge on any atom is -0.305 e. The number of alkyl halides is 3. The molecular weight excluding hydrogens is 351 g/mol. The van der Waals surface area contributed by atoms with Crippen LogP contribution >= 0.6 is 27.3 Å². The van der Waals surface area contributed by atoms with Crippen LogP contribution in [0.15, 0.2) is 40.2 Å². The standard InChI is InChI=1S/C14H13BrF3NS/c1-9(19-8-13-12(15)5-6-20-13)10-3-2-4-11(7-10)14(16,17)18/h2-7,9,19H,8H2,1H3. The average Bonchev–Trinajstić information content (AvgIpc) is 2.81. The predicted molar refractivity (Wildman–Crippen MR) is 78.7 cm³/mol. The lowest BCUT2D eigenvalue weighted by atomic mass is 10.0. The molecule has 1 nitrogen and oxygen atoms in total. The normalized spacial score (nSPS) is 13.4. The van der Waals surface area contributed by atoms with E-state index in [0.717, 1.165) is 15.4 Å². The van der Waals surface area contributed by atoms with E-state index in [2.05, 4.69) is 21.2 Å². The molecule has 0 saturated carbocycles. The molecule has 108 valence electrons. The third kappa shape index (κ3) is 3.84. The quantitative estimate of drug-likeness (QED) is 0.768. The molecule has 2 rings (SSSR count). The lowest BCUT2D eigenvalue weighted by Gasteiger charge is -2.16. The van der Waals surface area contributed by atoms with Crippen LogP contribution in [0, 0.1) is 0 Å². The molecule has 0 spiro atoms. The van der Waals surface area contributed by atoms with E-state index in [1.165, 1.54) is 12.1 Å². The lowest BCUT2D eigenvalue weighted by molar-refractivity contribution is -0.137. The molecule has 0 aliphatic carbocycles. The summed E-state index contributed by atoms with van der Waals surface area (Å²) in [6.45, 7) is 2.48. The van der Waals surface area contributed by atoms with Crippen molar-refractivity contribution < 1.29 is 13.2 Å². The first kappa shape index (κ1) is 15.5. The van der Waals surface area contributed by atoms with Crippen LogP contribution in [0.25, 0.3) is 0 Å². The van der Waals surface area contributed by atoms with E-state index in [1.807, 2.05) is 18.4 Å². The zero-order valence-electron chi connectivity index (χ0n) is 10.7. The predicted octanol–water partition coefficient (Wildman–Crippen LogP) is 5.38. The first-order valence-electron chi connectivity index (χ1n) is 6.00. The van der Waals surface area contributed by atoms with E-state index in [0.29, 0.717) is 12.1 Å². The molecule has 0 radical (unpaired) electrons. The minimum atomic E-state index is -4.30. The summed E-state index contributed by atoms with van der Waals surface area (Å²) in [4.78, 5) is 1.13. The van der Waals surface area contributed by atoms with E-state index in [-0.39, 0.29) is 6.04 Å². The van der Waals surface area contributed by atoms with Crippen LogP contribution in [0.2, 0.25) is 0 Å². The SMILES string of the molecule is CC(NCc1sccc1Br)c1cccc(C(F)(F)F)c1. The fraction of sp³-hybridized carbons (Fsp3) is 0.286. The lowest BCUT2D eigenvalue weighted by Crippen LogP contribution is -2.18. The van der Waals surface area contributed by atoms with Gasteiger partial charge in [-0.15, -0.1) is 11.3 Å². The molecule has 20 heavy (non-hydrogen) atoms. The molecular formula is C14H13BrF3NS. The maximum atomic E-state index is 12.7. The van der Waals surface area contributed by atoms with Gasteiger partial charge in [-0.3, -0.25) is 0 Å². The maximum Gasteiger partial charge on any atom is 0.416 e. The van der Waals surface area contributed by atoms with Crippen LogP contribution in [-0.2, 0) is 12.7 Å². The van der Waals surface area contributed by atoms with Crippen LogP contribution in [0.5, 0.6) is 0 Å². The number of hydrogen-bond acceptors (Lipinski definition) is 2. The Morgan fingerprint density at radius 2 is 2.05 bits per heavy atom. The summed E-state index contributed by atoms with van der Waals surface area (Å²) in [5.74, 6) is 0.